The number of thioether (sulfide) groups is 1. The van der Waals surface area contributed by atoms with E-state index in [1.54, 1.807) is 11.8 Å². The first-order valence-electron chi connectivity index (χ1n) is 7.10. The summed E-state index contributed by atoms with van der Waals surface area (Å²) in [6, 6.07) is 0.484. The molecule has 4 N–H and O–H groups in total. The van der Waals surface area contributed by atoms with Crippen molar-refractivity contribution in [3.05, 3.63) is 0 Å². The summed E-state index contributed by atoms with van der Waals surface area (Å²) in [5.41, 5.74) is 10.8. The van der Waals surface area contributed by atoms with Crippen molar-refractivity contribution in [1.29, 1.82) is 0 Å². The first-order chi connectivity index (χ1) is 9.61. The summed E-state index contributed by atoms with van der Waals surface area (Å²) < 4.78 is 1.91. The van der Waals surface area contributed by atoms with Crippen LogP contribution in [0.2, 0.25) is 0 Å². The van der Waals surface area contributed by atoms with Crippen molar-refractivity contribution in [2.24, 2.45) is 17.4 Å². The Morgan fingerprint density at radius 2 is 2.25 bits per heavy atom. The van der Waals surface area contributed by atoms with Crippen LogP contribution in [0.4, 0.5) is 0 Å². The van der Waals surface area contributed by atoms with Crippen LogP contribution in [-0.4, -0.2) is 37.4 Å². The number of hydrogen-bond donors (Lipinski definition) is 2. The Balaban J connectivity index is 1.54. The number of nitrogens with two attached hydrogens (primary N) is 2. The van der Waals surface area contributed by atoms with Gasteiger partial charge in [-0.25, -0.2) is 4.68 Å². The van der Waals surface area contributed by atoms with Gasteiger partial charge in [0.25, 0.3) is 0 Å². The molecule has 1 amide bonds. The number of amides is 1. The minimum absolute atomic E-state index is 0.178. The van der Waals surface area contributed by atoms with E-state index in [0.717, 1.165) is 43.0 Å². The standard InChI is InChI=1S/C12H20N6OS/c13-10(19)12(14)6-1-2-8(12)5-7-20-11-15-16-17-18(11)9-3-4-9/h8-9H,1-7,14H2,(H2,13,19). The van der Waals surface area contributed by atoms with Crippen molar-refractivity contribution in [3.63, 3.8) is 0 Å². The van der Waals surface area contributed by atoms with Gasteiger partial charge in [0.05, 0.1) is 11.6 Å². The molecule has 7 nitrogen and oxygen atoms in total. The van der Waals surface area contributed by atoms with Crippen LogP contribution in [0.3, 0.4) is 0 Å². The predicted octanol–water partition coefficient (Wildman–Crippen LogP) is 0.473. The van der Waals surface area contributed by atoms with Crippen LogP contribution >= 0.6 is 11.8 Å². The molecule has 1 aromatic rings. The van der Waals surface area contributed by atoms with E-state index < -0.39 is 5.54 Å². The zero-order valence-electron chi connectivity index (χ0n) is 11.4. The zero-order valence-corrected chi connectivity index (χ0v) is 12.2. The fraction of sp³-hybridized carbons (Fsp3) is 0.833. The molecule has 0 radical (unpaired) electrons. The highest BCUT2D eigenvalue weighted by atomic mass is 32.2. The van der Waals surface area contributed by atoms with Gasteiger partial charge in [-0.1, -0.05) is 18.2 Å². The number of tetrazole rings is 1. The molecular formula is C12H20N6OS. The number of nitrogens with zero attached hydrogens (tertiary/aromatic N) is 4. The number of hydrogen-bond acceptors (Lipinski definition) is 6. The molecule has 2 fully saturated rings. The van der Waals surface area contributed by atoms with Gasteiger partial charge in [0.1, 0.15) is 0 Å². The summed E-state index contributed by atoms with van der Waals surface area (Å²) in [6.07, 6.45) is 5.87. The fourth-order valence-corrected chi connectivity index (χ4v) is 3.95. The maximum absolute atomic E-state index is 11.5. The molecule has 0 bridgehead atoms. The van der Waals surface area contributed by atoms with Crippen LogP contribution in [0.1, 0.15) is 44.6 Å². The third-order valence-corrected chi connectivity index (χ3v) is 5.35. The van der Waals surface area contributed by atoms with E-state index in [4.69, 9.17) is 11.5 Å². The normalized spacial score (nSPS) is 29.8. The summed E-state index contributed by atoms with van der Waals surface area (Å²) >= 11 is 1.64. The molecule has 1 aromatic heterocycles. The highest BCUT2D eigenvalue weighted by molar-refractivity contribution is 7.99. The van der Waals surface area contributed by atoms with Gasteiger partial charge in [0.2, 0.25) is 11.1 Å². The van der Waals surface area contributed by atoms with Crippen molar-refractivity contribution < 1.29 is 4.79 Å². The molecule has 2 aliphatic rings. The lowest BCUT2D eigenvalue weighted by Gasteiger charge is -2.27. The molecular weight excluding hydrogens is 276 g/mol. The highest BCUT2D eigenvalue weighted by Crippen LogP contribution is 2.39. The van der Waals surface area contributed by atoms with Gasteiger partial charge in [0, 0.05) is 5.75 Å². The van der Waals surface area contributed by atoms with E-state index in [9.17, 15) is 4.79 Å². The Morgan fingerprint density at radius 3 is 2.95 bits per heavy atom. The molecule has 3 rings (SSSR count). The summed E-state index contributed by atoms with van der Waals surface area (Å²) in [7, 11) is 0. The molecule has 1 heterocycles. The number of primary amides is 1. The summed E-state index contributed by atoms with van der Waals surface area (Å²) in [5.74, 6) is 0.676. The minimum atomic E-state index is -0.816. The smallest absolute Gasteiger partial charge is 0.237 e. The van der Waals surface area contributed by atoms with Gasteiger partial charge >= 0.3 is 0 Å². The number of rotatable bonds is 6. The van der Waals surface area contributed by atoms with Crippen molar-refractivity contribution in [1.82, 2.24) is 20.2 Å². The first kappa shape index (κ1) is 13.8. The second kappa shape index (κ2) is 5.33. The maximum atomic E-state index is 11.5. The van der Waals surface area contributed by atoms with Crippen LogP contribution < -0.4 is 11.5 Å². The molecule has 2 saturated carbocycles. The van der Waals surface area contributed by atoms with Gasteiger partial charge in [-0.15, -0.1) is 5.10 Å². The summed E-state index contributed by atoms with van der Waals surface area (Å²) in [5, 5.41) is 12.7. The van der Waals surface area contributed by atoms with Gasteiger partial charge < -0.3 is 11.5 Å². The molecule has 0 aromatic carbocycles. The maximum Gasteiger partial charge on any atom is 0.237 e. The predicted molar refractivity (Wildman–Crippen MR) is 74.9 cm³/mol. The lowest BCUT2D eigenvalue weighted by molar-refractivity contribution is -0.124. The quantitative estimate of drug-likeness (QED) is 0.738. The van der Waals surface area contributed by atoms with E-state index in [-0.39, 0.29) is 11.8 Å². The Kier molecular flexibility index (Phi) is 3.68. The van der Waals surface area contributed by atoms with Crippen LogP contribution in [0.25, 0.3) is 0 Å². The molecule has 2 unspecified atom stereocenters. The van der Waals surface area contributed by atoms with Crippen LogP contribution in [0.15, 0.2) is 5.16 Å². The lowest BCUT2D eigenvalue weighted by atomic mass is 9.85. The monoisotopic (exact) mass is 296 g/mol. The second-order valence-electron chi connectivity index (χ2n) is 5.77. The molecule has 2 atom stereocenters. The van der Waals surface area contributed by atoms with Crippen LogP contribution in [-0.2, 0) is 4.79 Å². The molecule has 20 heavy (non-hydrogen) atoms. The Labute approximate surface area is 121 Å². The van der Waals surface area contributed by atoms with E-state index in [2.05, 4.69) is 15.5 Å². The van der Waals surface area contributed by atoms with Crippen molar-refractivity contribution in [3.8, 4) is 0 Å². The second-order valence-corrected chi connectivity index (χ2v) is 6.83. The van der Waals surface area contributed by atoms with Crippen LogP contribution in [0.5, 0.6) is 0 Å². The minimum Gasteiger partial charge on any atom is -0.368 e. The van der Waals surface area contributed by atoms with E-state index >= 15 is 0 Å². The van der Waals surface area contributed by atoms with E-state index in [0.29, 0.717) is 12.5 Å². The molecule has 0 spiro atoms. The van der Waals surface area contributed by atoms with E-state index in [1.165, 1.54) is 0 Å². The third-order valence-electron chi connectivity index (χ3n) is 4.38. The van der Waals surface area contributed by atoms with Crippen molar-refractivity contribution in [2.45, 2.75) is 55.3 Å². The van der Waals surface area contributed by atoms with Crippen molar-refractivity contribution >= 4 is 17.7 Å². The molecule has 0 saturated heterocycles. The Bertz CT molecular complexity index is 502. The van der Waals surface area contributed by atoms with E-state index in [1.807, 2.05) is 4.68 Å². The van der Waals surface area contributed by atoms with Crippen molar-refractivity contribution in [2.75, 3.05) is 5.75 Å². The SMILES string of the molecule is NC(=O)C1(N)CCCC1CCSc1nnnn1C1CC1. The summed E-state index contributed by atoms with van der Waals surface area (Å²) in [4.78, 5) is 11.5. The summed E-state index contributed by atoms with van der Waals surface area (Å²) in [6.45, 7) is 0. The number of aromatic nitrogens is 4. The van der Waals surface area contributed by atoms with Crippen LogP contribution in [0, 0.1) is 5.92 Å². The largest absolute Gasteiger partial charge is 0.368 e. The van der Waals surface area contributed by atoms with Gasteiger partial charge in [-0.3, -0.25) is 4.79 Å². The Morgan fingerprint density at radius 1 is 1.45 bits per heavy atom. The average molecular weight is 296 g/mol. The molecule has 2 aliphatic carbocycles. The van der Waals surface area contributed by atoms with Gasteiger partial charge in [0.15, 0.2) is 0 Å². The van der Waals surface area contributed by atoms with Gasteiger partial charge in [-0.2, -0.15) is 0 Å². The fourth-order valence-electron chi connectivity index (χ4n) is 2.95. The molecule has 8 heteroatoms. The molecule has 0 aliphatic heterocycles. The number of carbonyl (C=O) groups excluding carboxylic acids is 1. The highest BCUT2D eigenvalue weighted by Gasteiger charge is 2.43. The third kappa shape index (κ3) is 2.54. The topological polar surface area (TPSA) is 113 Å². The molecule has 110 valence electrons. The zero-order chi connectivity index (χ0) is 14.2. The lowest BCUT2D eigenvalue weighted by Crippen LogP contribution is -2.54. The Hall–Kier alpha value is -1.15. The average Bonchev–Trinajstić information content (AvgIpc) is 3.04. The van der Waals surface area contributed by atoms with Gasteiger partial charge in [-0.05, 0) is 48.4 Å². The number of carbonyl (C=O) groups is 1. The first-order valence-corrected chi connectivity index (χ1v) is 8.09.